The summed E-state index contributed by atoms with van der Waals surface area (Å²) in [5.74, 6) is -0.234. The molecular weight excluding hydrogens is 425 g/mol. The molecule has 0 atom stereocenters. The van der Waals surface area contributed by atoms with Crippen LogP contribution in [0.15, 0.2) is 42.1 Å². The van der Waals surface area contributed by atoms with Gasteiger partial charge in [-0.05, 0) is 48.9 Å². The molecule has 0 bridgehead atoms. The van der Waals surface area contributed by atoms with E-state index in [-0.39, 0.29) is 28.9 Å². The number of ether oxygens (including phenoxy) is 2. The molecule has 1 fully saturated rings. The quantitative estimate of drug-likeness (QED) is 0.696. The molecule has 0 aromatic heterocycles. The number of urea groups is 1. The van der Waals surface area contributed by atoms with E-state index in [1.54, 1.807) is 32.2 Å². The summed E-state index contributed by atoms with van der Waals surface area (Å²) in [5, 5.41) is 17.1. The van der Waals surface area contributed by atoms with E-state index in [0.717, 1.165) is 12.1 Å². The average Bonchev–Trinajstić information content (AvgIpc) is 2.96. The van der Waals surface area contributed by atoms with Gasteiger partial charge in [0.2, 0.25) is 0 Å². The van der Waals surface area contributed by atoms with E-state index in [9.17, 15) is 18.0 Å². The SMILES string of the molecule is CCN1C(=N)/C(=C\c2ccc(Oc3ccc(C#N)cc3C(F)(F)F)c(OC)c2)N(C)C1=O. The summed E-state index contributed by atoms with van der Waals surface area (Å²) in [6.45, 7) is 2.11. The van der Waals surface area contributed by atoms with E-state index in [4.69, 9.17) is 20.1 Å². The molecule has 0 aliphatic carbocycles. The summed E-state index contributed by atoms with van der Waals surface area (Å²) in [6, 6.07) is 8.92. The number of methoxy groups -OCH3 is 1. The van der Waals surface area contributed by atoms with Crippen molar-refractivity contribution >= 4 is 17.9 Å². The van der Waals surface area contributed by atoms with Crippen LogP contribution < -0.4 is 9.47 Å². The number of amidine groups is 1. The lowest BCUT2D eigenvalue weighted by Crippen LogP contribution is -2.30. The molecule has 0 spiro atoms. The fraction of sp³-hybridized carbons (Fsp3) is 0.227. The van der Waals surface area contributed by atoms with Crippen LogP contribution in [0.2, 0.25) is 0 Å². The maximum atomic E-state index is 13.4. The van der Waals surface area contributed by atoms with E-state index in [1.807, 2.05) is 0 Å². The van der Waals surface area contributed by atoms with Gasteiger partial charge < -0.3 is 9.47 Å². The minimum absolute atomic E-state index is 0.0333. The third-order valence-electron chi connectivity index (χ3n) is 4.83. The molecule has 1 aliphatic rings. The Hall–Kier alpha value is -4.00. The van der Waals surface area contributed by atoms with Crippen LogP contribution >= 0.6 is 0 Å². The fourth-order valence-electron chi connectivity index (χ4n) is 3.18. The Kier molecular flexibility index (Phi) is 6.11. The van der Waals surface area contributed by atoms with Crippen molar-refractivity contribution in [1.29, 1.82) is 10.7 Å². The summed E-state index contributed by atoms with van der Waals surface area (Å²) in [4.78, 5) is 14.9. The summed E-state index contributed by atoms with van der Waals surface area (Å²) in [5.41, 5.74) is -0.289. The number of carbonyl (C=O) groups is 1. The van der Waals surface area contributed by atoms with Crippen molar-refractivity contribution in [3.63, 3.8) is 0 Å². The van der Waals surface area contributed by atoms with E-state index in [1.165, 1.54) is 35.1 Å². The lowest BCUT2D eigenvalue weighted by Gasteiger charge is -2.16. The zero-order valence-electron chi connectivity index (χ0n) is 17.4. The van der Waals surface area contributed by atoms with E-state index in [0.29, 0.717) is 17.8 Å². The Morgan fingerprint density at radius 2 is 1.84 bits per heavy atom. The maximum Gasteiger partial charge on any atom is 0.420 e. The predicted octanol–water partition coefficient (Wildman–Crippen LogP) is 5.08. The molecule has 1 heterocycles. The van der Waals surface area contributed by atoms with Crippen LogP contribution in [-0.4, -0.2) is 42.4 Å². The standard InChI is InChI=1S/C22H19F3N4O3/c1-4-29-20(27)16(28(2)21(29)30)10-13-5-8-18(19(11-13)31-3)32-17-7-6-14(12-26)9-15(17)22(23,24)25/h5-11,27H,4H2,1-3H3/b16-10+,27-20?. The Balaban J connectivity index is 1.97. The minimum atomic E-state index is -4.72. The number of hydrogen-bond donors (Lipinski definition) is 1. The van der Waals surface area contributed by atoms with Gasteiger partial charge in [-0.1, -0.05) is 6.07 Å². The third kappa shape index (κ3) is 4.23. The topological polar surface area (TPSA) is 89.7 Å². The van der Waals surface area contributed by atoms with Crippen LogP contribution in [-0.2, 0) is 6.18 Å². The molecule has 1 saturated heterocycles. The van der Waals surface area contributed by atoms with Crippen LogP contribution in [0.1, 0.15) is 23.6 Å². The Morgan fingerprint density at radius 3 is 2.41 bits per heavy atom. The van der Waals surface area contributed by atoms with Crippen LogP contribution in [0.5, 0.6) is 17.2 Å². The van der Waals surface area contributed by atoms with Crippen LogP contribution in [0.4, 0.5) is 18.0 Å². The van der Waals surface area contributed by atoms with Crippen molar-refractivity contribution < 1.29 is 27.4 Å². The van der Waals surface area contributed by atoms with Gasteiger partial charge >= 0.3 is 12.2 Å². The molecular formula is C22H19F3N4O3. The number of likely N-dealkylation sites (N-methyl/N-ethyl adjacent to an activating group) is 2. The first-order valence-electron chi connectivity index (χ1n) is 9.43. The number of carbonyl (C=O) groups excluding carboxylic acids is 1. The van der Waals surface area contributed by atoms with Crippen molar-refractivity contribution in [1.82, 2.24) is 9.80 Å². The van der Waals surface area contributed by atoms with Crippen molar-refractivity contribution in [2.75, 3.05) is 20.7 Å². The molecule has 2 aromatic carbocycles. The van der Waals surface area contributed by atoms with Crippen molar-refractivity contribution in [3.8, 4) is 23.3 Å². The number of rotatable bonds is 5. The van der Waals surface area contributed by atoms with Crippen LogP contribution in [0, 0.1) is 16.7 Å². The molecule has 3 rings (SSSR count). The van der Waals surface area contributed by atoms with Gasteiger partial charge in [-0.15, -0.1) is 0 Å². The molecule has 1 N–H and O–H groups in total. The molecule has 10 heteroatoms. The summed E-state index contributed by atoms with van der Waals surface area (Å²) in [7, 11) is 2.89. The normalized spacial score (nSPS) is 15.3. The van der Waals surface area contributed by atoms with Crippen LogP contribution in [0.25, 0.3) is 6.08 Å². The lowest BCUT2D eigenvalue weighted by molar-refractivity contribution is -0.138. The predicted molar refractivity (Wildman–Crippen MR) is 110 cm³/mol. The van der Waals surface area contributed by atoms with Crippen LogP contribution in [0.3, 0.4) is 0 Å². The number of nitrogens with one attached hydrogen (secondary N) is 1. The number of nitrogens with zero attached hydrogens (tertiary/aromatic N) is 3. The highest BCUT2D eigenvalue weighted by Crippen LogP contribution is 2.41. The van der Waals surface area contributed by atoms with Gasteiger partial charge in [0.1, 0.15) is 5.75 Å². The minimum Gasteiger partial charge on any atom is -0.493 e. The van der Waals surface area contributed by atoms with Gasteiger partial charge in [0.05, 0.1) is 30.0 Å². The Labute approximate surface area is 182 Å². The summed E-state index contributed by atoms with van der Waals surface area (Å²) >= 11 is 0. The molecule has 32 heavy (non-hydrogen) atoms. The smallest absolute Gasteiger partial charge is 0.420 e. The van der Waals surface area contributed by atoms with Crippen molar-refractivity contribution in [2.45, 2.75) is 13.1 Å². The van der Waals surface area contributed by atoms with E-state index < -0.39 is 17.5 Å². The van der Waals surface area contributed by atoms with Gasteiger partial charge in [-0.25, -0.2) is 4.79 Å². The van der Waals surface area contributed by atoms with E-state index in [2.05, 4.69) is 0 Å². The number of alkyl halides is 3. The first-order chi connectivity index (χ1) is 15.1. The summed E-state index contributed by atoms with van der Waals surface area (Å²) < 4.78 is 51.0. The van der Waals surface area contributed by atoms with Gasteiger partial charge in [0.25, 0.3) is 0 Å². The monoisotopic (exact) mass is 444 g/mol. The molecule has 2 amide bonds. The first kappa shape index (κ1) is 22.7. The van der Waals surface area contributed by atoms with E-state index >= 15 is 0 Å². The van der Waals surface area contributed by atoms with Gasteiger partial charge in [-0.3, -0.25) is 15.2 Å². The number of nitriles is 1. The second-order valence-corrected chi connectivity index (χ2v) is 6.80. The Morgan fingerprint density at radius 1 is 1.16 bits per heavy atom. The second kappa shape index (κ2) is 8.63. The zero-order valence-corrected chi connectivity index (χ0v) is 17.4. The zero-order chi connectivity index (χ0) is 23.6. The highest BCUT2D eigenvalue weighted by Gasteiger charge is 2.36. The van der Waals surface area contributed by atoms with Crippen molar-refractivity contribution in [2.24, 2.45) is 0 Å². The highest BCUT2D eigenvalue weighted by atomic mass is 19.4. The fourth-order valence-corrected chi connectivity index (χ4v) is 3.18. The molecule has 166 valence electrons. The number of benzene rings is 2. The number of hydrogen-bond acceptors (Lipinski definition) is 5. The second-order valence-electron chi connectivity index (χ2n) is 6.80. The maximum absolute atomic E-state index is 13.4. The first-order valence-corrected chi connectivity index (χ1v) is 9.43. The van der Waals surface area contributed by atoms with Crippen molar-refractivity contribution in [3.05, 3.63) is 58.8 Å². The molecule has 0 saturated carbocycles. The lowest BCUT2D eigenvalue weighted by atomic mass is 10.1. The Bertz CT molecular complexity index is 1150. The molecule has 1 aliphatic heterocycles. The number of halogens is 3. The molecule has 0 radical (unpaired) electrons. The average molecular weight is 444 g/mol. The largest absolute Gasteiger partial charge is 0.493 e. The van der Waals surface area contributed by atoms with Gasteiger partial charge in [0.15, 0.2) is 17.3 Å². The van der Waals surface area contributed by atoms with Gasteiger partial charge in [-0.2, -0.15) is 18.4 Å². The molecule has 2 aromatic rings. The van der Waals surface area contributed by atoms with Gasteiger partial charge in [0, 0.05) is 13.6 Å². The summed E-state index contributed by atoms with van der Waals surface area (Å²) in [6.07, 6.45) is -3.12. The molecule has 7 nitrogen and oxygen atoms in total. The third-order valence-corrected chi connectivity index (χ3v) is 4.83. The highest BCUT2D eigenvalue weighted by molar-refractivity contribution is 6.15. The number of amides is 2. The molecule has 0 unspecified atom stereocenters.